The van der Waals surface area contributed by atoms with Crippen molar-refractivity contribution in [3.05, 3.63) is 27.7 Å². The molecule has 0 saturated heterocycles. The topological polar surface area (TPSA) is 38.3 Å². The lowest BCUT2D eigenvalue weighted by Gasteiger charge is -2.23. The molecule has 0 aromatic heterocycles. The Labute approximate surface area is 119 Å². The van der Waals surface area contributed by atoms with Crippen LogP contribution in [0.3, 0.4) is 0 Å². The summed E-state index contributed by atoms with van der Waals surface area (Å²) in [6, 6.07) is 1.42. The van der Waals surface area contributed by atoms with Crippen LogP contribution >= 0.6 is 23.2 Å². The zero-order valence-corrected chi connectivity index (χ0v) is 11.1. The molecule has 1 N–H and O–H groups in total. The lowest BCUT2D eigenvalue weighted by atomic mass is 10.1. The molecule has 0 aliphatic rings. The van der Waals surface area contributed by atoms with Crippen molar-refractivity contribution < 1.29 is 31.5 Å². The van der Waals surface area contributed by atoms with Gasteiger partial charge in [-0.2, -0.15) is 22.0 Å². The Morgan fingerprint density at radius 2 is 1.75 bits per heavy atom. The Bertz CT molecular complexity index is 533. The zero-order chi connectivity index (χ0) is 15.7. The van der Waals surface area contributed by atoms with Crippen LogP contribution in [0, 0.1) is 0 Å². The fourth-order valence-electron chi connectivity index (χ4n) is 1.29. The number of methoxy groups -OCH3 is 1. The first-order valence-electron chi connectivity index (χ1n) is 4.79. The number of carbonyl (C=O) groups excluding carboxylic acids is 1. The number of hydrogen-bond acceptors (Lipinski definition) is 2. The molecule has 20 heavy (non-hydrogen) atoms. The summed E-state index contributed by atoms with van der Waals surface area (Å²) in [5.41, 5.74) is -2.50. The van der Waals surface area contributed by atoms with Gasteiger partial charge >= 0.3 is 18.2 Å². The van der Waals surface area contributed by atoms with E-state index in [-0.39, 0.29) is 5.02 Å². The highest BCUT2D eigenvalue weighted by atomic mass is 35.5. The predicted molar refractivity (Wildman–Crippen MR) is 62.4 cm³/mol. The normalized spacial score (nSPS) is 12.2. The number of hydrogen-bond donors (Lipinski definition) is 1. The Morgan fingerprint density at radius 1 is 1.20 bits per heavy atom. The fraction of sp³-hybridized carbons (Fsp3) is 0.300. The molecule has 112 valence electrons. The maximum Gasteiger partial charge on any atom is 0.458 e. The zero-order valence-electron chi connectivity index (χ0n) is 9.62. The van der Waals surface area contributed by atoms with Gasteiger partial charge in [-0.15, -0.1) is 0 Å². The molecule has 0 spiro atoms. The number of anilines is 1. The molecule has 0 fully saturated rings. The van der Waals surface area contributed by atoms with Gasteiger partial charge in [-0.05, 0) is 12.1 Å². The molecule has 1 amide bonds. The number of alkyl halides is 5. The summed E-state index contributed by atoms with van der Waals surface area (Å²) in [5, 5.41) is 0.538. The van der Waals surface area contributed by atoms with Gasteiger partial charge in [0.25, 0.3) is 0 Å². The third-order valence-electron chi connectivity index (χ3n) is 2.15. The second-order valence-electron chi connectivity index (χ2n) is 3.50. The van der Waals surface area contributed by atoms with Crippen molar-refractivity contribution in [1.82, 2.24) is 0 Å². The summed E-state index contributed by atoms with van der Waals surface area (Å²) in [4.78, 5) is 11.0. The molecule has 0 aliphatic carbocycles. The monoisotopic (exact) mass is 337 g/mol. The molecule has 0 unspecified atom stereocenters. The van der Waals surface area contributed by atoms with Crippen molar-refractivity contribution in [2.24, 2.45) is 0 Å². The Balaban J connectivity index is 3.48. The van der Waals surface area contributed by atoms with Crippen molar-refractivity contribution in [3.63, 3.8) is 0 Å². The van der Waals surface area contributed by atoms with E-state index >= 15 is 0 Å². The summed E-state index contributed by atoms with van der Waals surface area (Å²) in [7, 11) is 0.906. The van der Waals surface area contributed by atoms with Crippen LogP contribution in [0.2, 0.25) is 10.0 Å². The van der Waals surface area contributed by atoms with Crippen molar-refractivity contribution in [1.29, 1.82) is 0 Å². The summed E-state index contributed by atoms with van der Waals surface area (Å²) in [5.74, 6) is -5.27. The molecular formula is C10H6Cl2F5NO2. The van der Waals surface area contributed by atoms with Crippen LogP contribution in [-0.4, -0.2) is 19.4 Å². The maximum atomic E-state index is 13.4. The average molecular weight is 338 g/mol. The van der Waals surface area contributed by atoms with E-state index in [1.807, 2.05) is 0 Å². The maximum absolute atomic E-state index is 13.4. The van der Waals surface area contributed by atoms with Crippen LogP contribution in [0.5, 0.6) is 0 Å². The molecule has 1 aromatic carbocycles. The number of benzene rings is 1. The number of carbonyl (C=O) groups is 1. The minimum Gasteiger partial charge on any atom is -0.453 e. The predicted octanol–water partition coefficient (Wildman–Crippen LogP) is 4.83. The van der Waals surface area contributed by atoms with Crippen LogP contribution < -0.4 is 5.32 Å². The fourth-order valence-corrected chi connectivity index (χ4v) is 1.91. The molecular weight excluding hydrogens is 332 g/mol. The molecule has 0 atom stereocenters. The third-order valence-corrected chi connectivity index (χ3v) is 2.66. The molecule has 3 nitrogen and oxygen atoms in total. The van der Waals surface area contributed by atoms with Crippen molar-refractivity contribution in [2.75, 3.05) is 12.4 Å². The van der Waals surface area contributed by atoms with Crippen LogP contribution in [0.15, 0.2) is 12.1 Å². The SMILES string of the molecule is COC(=O)Nc1cc(Cl)cc(Cl)c1C(F)(F)C(F)(F)F. The number of rotatable bonds is 2. The van der Waals surface area contributed by atoms with E-state index in [1.165, 1.54) is 0 Å². The molecule has 1 rings (SSSR count). The van der Waals surface area contributed by atoms with Crippen molar-refractivity contribution in [2.45, 2.75) is 12.1 Å². The molecule has 0 heterocycles. The van der Waals surface area contributed by atoms with Crippen molar-refractivity contribution in [3.8, 4) is 0 Å². The Kier molecular flexibility index (Phi) is 4.70. The highest BCUT2D eigenvalue weighted by Crippen LogP contribution is 2.49. The van der Waals surface area contributed by atoms with Crippen LogP contribution in [-0.2, 0) is 10.7 Å². The largest absolute Gasteiger partial charge is 0.458 e. The van der Waals surface area contributed by atoms with Gasteiger partial charge in [0.05, 0.1) is 23.4 Å². The molecule has 0 saturated carbocycles. The van der Waals surface area contributed by atoms with Gasteiger partial charge in [-0.1, -0.05) is 23.2 Å². The highest BCUT2D eigenvalue weighted by Gasteiger charge is 2.60. The second-order valence-corrected chi connectivity index (χ2v) is 4.34. The third kappa shape index (κ3) is 3.24. The van der Waals surface area contributed by atoms with Gasteiger partial charge in [-0.25, -0.2) is 4.79 Å². The van der Waals surface area contributed by atoms with E-state index in [1.54, 1.807) is 5.32 Å². The van der Waals surface area contributed by atoms with Crippen LogP contribution in [0.25, 0.3) is 0 Å². The lowest BCUT2D eigenvalue weighted by Crippen LogP contribution is -2.35. The van der Waals surface area contributed by atoms with Gasteiger partial charge in [0, 0.05) is 5.02 Å². The van der Waals surface area contributed by atoms with Crippen LogP contribution in [0.4, 0.5) is 32.4 Å². The summed E-state index contributed by atoms with van der Waals surface area (Å²) in [6.45, 7) is 0. The lowest BCUT2D eigenvalue weighted by molar-refractivity contribution is -0.289. The van der Waals surface area contributed by atoms with Gasteiger partial charge in [0.15, 0.2) is 0 Å². The summed E-state index contributed by atoms with van der Waals surface area (Å²) in [6.07, 6.45) is -7.14. The smallest absolute Gasteiger partial charge is 0.453 e. The van der Waals surface area contributed by atoms with Gasteiger partial charge in [-0.3, -0.25) is 5.32 Å². The Morgan fingerprint density at radius 3 is 2.20 bits per heavy atom. The first kappa shape index (κ1) is 16.8. The number of amides is 1. The van der Waals surface area contributed by atoms with E-state index in [0.717, 1.165) is 7.11 Å². The molecule has 0 bridgehead atoms. The van der Waals surface area contributed by atoms with E-state index < -0.39 is 34.5 Å². The van der Waals surface area contributed by atoms with Crippen LogP contribution in [0.1, 0.15) is 5.56 Å². The molecule has 0 aliphatic heterocycles. The standard InChI is InChI=1S/C10H6Cl2F5NO2/c1-20-8(19)18-6-3-4(11)2-5(12)7(6)9(13,14)10(15,16)17/h2-3H,1H3,(H,18,19). The van der Waals surface area contributed by atoms with Gasteiger partial charge in [0.2, 0.25) is 0 Å². The molecule has 0 radical (unpaired) electrons. The minimum absolute atomic E-state index is 0.233. The van der Waals surface area contributed by atoms with E-state index in [2.05, 4.69) is 4.74 Å². The average Bonchev–Trinajstić information content (AvgIpc) is 2.25. The Hall–Kier alpha value is -1.28. The second kappa shape index (κ2) is 5.61. The van der Waals surface area contributed by atoms with E-state index in [9.17, 15) is 26.7 Å². The number of ether oxygens (including phenoxy) is 1. The van der Waals surface area contributed by atoms with E-state index in [4.69, 9.17) is 23.2 Å². The molecule has 10 heteroatoms. The number of nitrogens with one attached hydrogen (secondary N) is 1. The first-order chi connectivity index (χ1) is 9.00. The highest BCUT2D eigenvalue weighted by molar-refractivity contribution is 6.35. The quantitative estimate of drug-likeness (QED) is 0.785. The number of halogens is 7. The van der Waals surface area contributed by atoms with Gasteiger partial charge in [0.1, 0.15) is 0 Å². The van der Waals surface area contributed by atoms with Gasteiger partial charge < -0.3 is 4.74 Å². The first-order valence-corrected chi connectivity index (χ1v) is 5.55. The molecule has 1 aromatic rings. The minimum atomic E-state index is -5.89. The van der Waals surface area contributed by atoms with E-state index in [0.29, 0.717) is 12.1 Å². The summed E-state index contributed by atoms with van der Waals surface area (Å²) >= 11 is 10.9. The summed E-state index contributed by atoms with van der Waals surface area (Å²) < 4.78 is 68.2. The van der Waals surface area contributed by atoms with Crippen molar-refractivity contribution >= 4 is 35.0 Å².